The standard InChI is InChI=1S/C14H28N2O3/c1-11(14(18)15-9-6-10-19-2)16-12-7-4-3-5-8-13(12)17/h11-13,16-17H,3-10H2,1-2H3,(H,15,18). The van der Waals surface area contributed by atoms with Gasteiger partial charge in [-0.2, -0.15) is 0 Å². The first kappa shape index (κ1) is 16.4. The molecule has 0 aromatic carbocycles. The average Bonchev–Trinajstić information content (AvgIpc) is 2.60. The number of aliphatic hydroxyl groups excluding tert-OH is 1. The largest absolute Gasteiger partial charge is 0.392 e. The molecule has 0 aromatic rings. The van der Waals surface area contributed by atoms with Crippen molar-refractivity contribution in [3.05, 3.63) is 0 Å². The van der Waals surface area contributed by atoms with Gasteiger partial charge in [0.05, 0.1) is 12.1 Å². The lowest BCUT2D eigenvalue weighted by atomic mass is 10.0. The van der Waals surface area contributed by atoms with Gasteiger partial charge in [0.15, 0.2) is 0 Å². The monoisotopic (exact) mass is 272 g/mol. The Morgan fingerprint density at radius 3 is 2.84 bits per heavy atom. The summed E-state index contributed by atoms with van der Waals surface area (Å²) in [4.78, 5) is 11.9. The van der Waals surface area contributed by atoms with Crippen LogP contribution in [0.5, 0.6) is 0 Å². The molecule has 0 spiro atoms. The van der Waals surface area contributed by atoms with Crippen molar-refractivity contribution in [3.63, 3.8) is 0 Å². The molecule has 5 heteroatoms. The molecule has 0 aliphatic heterocycles. The second-order valence-electron chi connectivity index (χ2n) is 5.34. The fraction of sp³-hybridized carbons (Fsp3) is 0.929. The van der Waals surface area contributed by atoms with Gasteiger partial charge in [0.2, 0.25) is 5.91 Å². The van der Waals surface area contributed by atoms with Crippen LogP contribution in [0.25, 0.3) is 0 Å². The lowest BCUT2D eigenvalue weighted by molar-refractivity contribution is -0.123. The van der Waals surface area contributed by atoms with E-state index in [2.05, 4.69) is 10.6 Å². The zero-order valence-electron chi connectivity index (χ0n) is 12.2. The van der Waals surface area contributed by atoms with Crippen molar-refractivity contribution in [2.24, 2.45) is 0 Å². The maximum absolute atomic E-state index is 11.9. The second kappa shape index (κ2) is 9.28. The highest BCUT2D eigenvalue weighted by molar-refractivity contribution is 5.81. The predicted molar refractivity (Wildman–Crippen MR) is 75.0 cm³/mol. The van der Waals surface area contributed by atoms with Gasteiger partial charge in [-0.25, -0.2) is 0 Å². The molecule has 1 amide bonds. The molecular weight excluding hydrogens is 244 g/mol. The number of carbonyl (C=O) groups excluding carboxylic acids is 1. The van der Waals surface area contributed by atoms with E-state index in [1.165, 1.54) is 6.42 Å². The third kappa shape index (κ3) is 6.36. The molecular formula is C14H28N2O3. The van der Waals surface area contributed by atoms with E-state index in [4.69, 9.17) is 4.74 Å². The summed E-state index contributed by atoms with van der Waals surface area (Å²) < 4.78 is 4.93. The van der Waals surface area contributed by atoms with Gasteiger partial charge < -0.3 is 20.5 Å². The predicted octanol–water partition coefficient (Wildman–Crippen LogP) is 0.811. The SMILES string of the molecule is COCCCNC(=O)C(C)NC1CCCCCC1O. The number of rotatable bonds is 7. The third-order valence-electron chi connectivity index (χ3n) is 3.66. The van der Waals surface area contributed by atoms with E-state index in [0.717, 1.165) is 32.1 Å². The van der Waals surface area contributed by atoms with Crippen LogP contribution in [-0.2, 0) is 9.53 Å². The van der Waals surface area contributed by atoms with Crippen LogP contribution in [0.15, 0.2) is 0 Å². The van der Waals surface area contributed by atoms with Crippen LogP contribution in [0.4, 0.5) is 0 Å². The van der Waals surface area contributed by atoms with Crippen LogP contribution in [0.1, 0.15) is 45.4 Å². The van der Waals surface area contributed by atoms with Crippen molar-refractivity contribution in [1.29, 1.82) is 0 Å². The third-order valence-corrected chi connectivity index (χ3v) is 3.66. The number of aliphatic hydroxyl groups is 1. The van der Waals surface area contributed by atoms with Crippen LogP contribution in [-0.4, -0.2) is 49.5 Å². The fourth-order valence-corrected chi connectivity index (χ4v) is 2.46. The van der Waals surface area contributed by atoms with Crippen molar-refractivity contribution < 1.29 is 14.6 Å². The highest BCUT2D eigenvalue weighted by atomic mass is 16.5. The van der Waals surface area contributed by atoms with E-state index >= 15 is 0 Å². The first-order valence-corrected chi connectivity index (χ1v) is 7.36. The second-order valence-corrected chi connectivity index (χ2v) is 5.34. The maximum Gasteiger partial charge on any atom is 0.236 e. The summed E-state index contributed by atoms with van der Waals surface area (Å²) in [6.45, 7) is 3.14. The molecule has 0 aromatic heterocycles. The minimum absolute atomic E-state index is 0.00690. The molecule has 3 unspecified atom stereocenters. The molecule has 1 rings (SSSR count). The molecule has 19 heavy (non-hydrogen) atoms. The van der Waals surface area contributed by atoms with Crippen molar-refractivity contribution in [1.82, 2.24) is 10.6 Å². The first-order chi connectivity index (χ1) is 9.15. The highest BCUT2D eigenvalue weighted by Gasteiger charge is 2.24. The van der Waals surface area contributed by atoms with Crippen molar-refractivity contribution in [2.45, 2.75) is 63.6 Å². The molecule has 1 fully saturated rings. The van der Waals surface area contributed by atoms with E-state index in [1.807, 2.05) is 6.92 Å². The fourth-order valence-electron chi connectivity index (χ4n) is 2.46. The van der Waals surface area contributed by atoms with E-state index in [-0.39, 0.29) is 24.1 Å². The highest BCUT2D eigenvalue weighted by Crippen LogP contribution is 2.18. The van der Waals surface area contributed by atoms with Crippen molar-refractivity contribution in [3.8, 4) is 0 Å². The lowest BCUT2D eigenvalue weighted by Gasteiger charge is -2.25. The Balaban J connectivity index is 2.27. The summed E-state index contributed by atoms with van der Waals surface area (Å²) in [6, 6.07) is -0.220. The molecule has 0 saturated heterocycles. The number of methoxy groups -OCH3 is 1. The summed E-state index contributed by atoms with van der Waals surface area (Å²) in [5.41, 5.74) is 0. The number of carbonyl (C=O) groups is 1. The van der Waals surface area contributed by atoms with E-state index < -0.39 is 0 Å². The molecule has 1 aliphatic rings. The van der Waals surface area contributed by atoms with Crippen molar-refractivity contribution in [2.75, 3.05) is 20.3 Å². The zero-order valence-corrected chi connectivity index (χ0v) is 12.2. The summed E-state index contributed by atoms with van der Waals surface area (Å²) in [5.74, 6) is -0.00690. The first-order valence-electron chi connectivity index (χ1n) is 7.36. The van der Waals surface area contributed by atoms with Gasteiger partial charge in [-0.3, -0.25) is 4.79 Å². The van der Waals surface area contributed by atoms with Gasteiger partial charge in [-0.05, 0) is 26.2 Å². The van der Waals surface area contributed by atoms with Gasteiger partial charge in [0.1, 0.15) is 0 Å². The summed E-state index contributed by atoms with van der Waals surface area (Å²) in [7, 11) is 1.65. The van der Waals surface area contributed by atoms with Crippen LogP contribution >= 0.6 is 0 Å². The van der Waals surface area contributed by atoms with E-state index in [9.17, 15) is 9.90 Å². The van der Waals surface area contributed by atoms with E-state index in [1.54, 1.807) is 7.11 Å². The molecule has 1 aliphatic carbocycles. The molecule has 0 heterocycles. The Bertz CT molecular complexity index is 261. The molecule has 112 valence electrons. The van der Waals surface area contributed by atoms with Gasteiger partial charge >= 0.3 is 0 Å². The normalized spacial score (nSPS) is 25.6. The quantitative estimate of drug-likeness (QED) is 0.474. The van der Waals surface area contributed by atoms with Gasteiger partial charge in [-0.15, -0.1) is 0 Å². The van der Waals surface area contributed by atoms with Gasteiger partial charge in [-0.1, -0.05) is 19.3 Å². The number of amides is 1. The number of hydrogen-bond acceptors (Lipinski definition) is 4. The Morgan fingerprint density at radius 1 is 1.37 bits per heavy atom. The minimum atomic E-state index is -0.328. The summed E-state index contributed by atoms with van der Waals surface area (Å²) in [6.07, 6.45) is 5.65. The summed E-state index contributed by atoms with van der Waals surface area (Å²) >= 11 is 0. The number of nitrogens with one attached hydrogen (secondary N) is 2. The van der Waals surface area contributed by atoms with E-state index in [0.29, 0.717) is 13.2 Å². The van der Waals surface area contributed by atoms with Crippen LogP contribution in [0.2, 0.25) is 0 Å². The van der Waals surface area contributed by atoms with Gasteiger partial charge in [0.25, 0.3) is 0 Å². The van der Waals surface area contributed by atoms with Crippen LogP contribution in [0.3, 0.4) is 0 Å². The molecule has 3 N–H and O–H groups in total. The van der Waals surface area contributed by atoms with Gasteiger partial charge in [0, 0.05) is 26.3 Å². The Hall–Kier alpha value is -0.650. The van der Waals surface area contributed by atoms with Crippen molar-refractivity contribution >= 4 is 5.91 Å². The number of hydrogen-bond donors (Lipinski definition) is 3. The average molecular weight is 272 g/mol. The Morgan fingerprint density at radius 2 is 2.11 bits per heavy atom. The Labute approximate surface area is 116 Å². The topological polar surface area (TPSA) is 70.6 Å². The minimum Gasteiger partial charge on any atom is -0.392 e. The zero-order chi connectivity index (χ0) is 14.1. The van der Waals surface area contributed by atoms with Crippen LogP contribution < -0.4 is 10.6 Å². The summed E-state index contributed by atoms with van der Waals surface area (Å²) in [5, 5.41) is 16.1. The lowest BCUT2D eigenvalue weighted by Crippen LogP contribution is -2.50. The van der Waals surface area contributed by atoms with Crippen LogP contribution in [0, 0.1) is 0 Å². The molecule has 5 nitrogen and oxygen atoms in total. The smallest absolute Gasteiger partial charge is 0.236 e. The molecule has 0 radical (unpaired) electrons. The molecule has 3 atom stereocenters. The number of ether oxygens (including phenoxy) is 1. The Kier molecular flexibility index (Phi) is 8.02. The maximum atomic E-state index is 11.9. The molecule has 1 saturated carbocycles. The molecule has 0 bridgehead atoms.